The number of tetrazole rings is 1. The molecule has 1 heterocycles. The van der Waals surface area contributed by atoms with Gasteiger partial charge in [-0.05, 0) is 44.6 Å². The second-order valence-electron chi connectivity index (χ2n) is 2.81. The van der Waals surface area contributed by atoms with Crippen molar-refractivity contribution in [1.82, 2.24) is 20.2 Å². The first kappa shape index (κ1) is 10.2. The van der Waals surface area contributed by atoms with Crippen molar-refractivity contribution in [1.29, 1.82) is 0 Å². The third kappa shape index (κ3) is 1.88. The Hall–Kier alpha value is -1.34. The summed E-state index contributed by atoms with van der Waals surface area (Å²) in [6, 6.07) is 4.26. The number of hydrogen-bond acceptors (Lipinski definition) is 4. The predicted molar refractivity (Wildman–Crippen MR) is 54.7 cm³/mol. The number of rotatable bonds is 2. The standard InChI is InChI=1S/C8H7BrFN5/c9-6-3-5(10)1-2-7(6)15-8(4-11)12-13-14-15/h1-3H,4,11H2. The van der Waals surface area contributed by atoms with Gasteiger partial charge in [-0.15, -0.1) is 5.10 Å². The predicted octanol–water partition coefficient (Wildman–Crippen LogP) is 1.02. The molecule has 2 aromatic rings. The molecular weight excluding hydrogens is 265 g/mol. The molecule has 2 N–H and O–H groups in total. The monoisotopic (exact) mass is 271 g/mol. The molecule has 1 aromatic carbocycles. The number of nitrogens with zero attached hydrogens (tertiary/aromatic N) is 4. The minimum atomic E-state index is -0.326. The van der Waals surface area contributed by atoms with Crippen LogP contribution >= 0.6 is 15.9 Å². The molecule has 7 heteroatoms. The summed E-state index contributed by atoms with van der Waals surface area (Å²) in [5, 5.41) is 11.0. The molecule has 0 amide bonds. The summed E-state index contributed by atoms with van der Waals surface area (Å²) in [4.78, 5) is 0. The average molecular weight is 272 g/mol. The van der Waals surface area contributed by atoms with Gasteiger partial charge in [0.1, 0.15) is 5.82 Å². The maximum atomic E-state index is 12.9. The van der Waals surface area contributed by atoms with Gasteiger partial charge in [-0.2, -0.15) is 4.68 Å². The first-order chi connectivity index (χ1) is 7.22. The summed E-state index contributed by atoms with van der Waals surface area (Å²) in [5.74, 6) is 0.190. The summed E-state index contributed by atoms with van der Waals surface area (Å²) in [5.41, 5.74) is 6.11. The van der Waals surface area contributed by atoms with E-state index in [4.69, 9.17) is 5.73 Å². The van der Waals surface area contributed by atoms with Crippen molar-refractivity contribution < 1.29 is 4.39 Å². The van der Waals surface area contributed by atoms with Crippen LogP contribution in [-0.4, -0.2) is 20.2 Å². The zero-order valence-electron chi connectivity index (χ0n) is 7.56. The fraction of sp³-hybridized carbons (Fsp3) is 0.125. The van der Waals surface area contributed by atoms with Crippen LogP contribution in [0.5, 0.6) is 0 Å². The molecule has 0 saturated heterocycles. The van der Waals surface area contributed by atoms with E-state index in [2.05, 4.69) is 31.5 Å². The molecule has 5 nitrogen and oxygen atoms in total. The molecule has 1 aromatic heterocycles. The van der Waals surface area contributed by atoms with Crippen molar-refractivity contribution >= 4 is 15.9 Å². The van der Waals surface area contributed by atoms with E-state index in [1.165, 1.54) is 16.8 Å². The SMILES string of the molecule is NCc1nnnn1-c1ccc(F)cc1Br. The second kappa shape index (κ2) is 4.03. The van der Waals surface area contributed by atoms with Crippen LogP contribution in [0.2, 0.25) is 0 Å². The number of nitrogens with two attached hydrogens (primary N) is 1. The zero-order chi connectivity index (χ0) is 10.8. The molecule has 0 fully saturated rings. The Kier molecular flexibility index (Phi) is 2.74. The number of benzene rings is 1. The molecule has 15 heavy (non-hydrogen) atoms. The Bertz CT molecular complexity index is 484. The highest BCUT2D eigenvalue weighted by molar-refractivity contribution is 9.10. The fourth-order valence-corrected chi connectivity index (χ4v) is 1.69. The summed E-state index contributed by atoms with van der Waals surface area (Å²) in [6.07, 6.45) is 0. The van der Waals surface area contributed by atoms with E-state index in [0.29, 0.717) is 16.0 Å². The van der Waals surface area contributed by atoms with Crippen molar-refractivity contribution in [3.05, 3.63) is 34.3 Å². The minimum Gasteiger partial charge on any atom is -0.324 e. The number of halogens is 2. The topological polar surface area (TPSA) is 69.6 Å². The molecule has 0 unspecified atom stereocenters. The lowest BCUT2D eigenvalue weighted by Gasteiger charge is -2.05. The first-order valence-electron chi connectivity index (χ1n) is 4.15. The van der Waals surface area contributed by atoms with E-state index in [9.17, 15) is 4.39 Å². The van der Waals surface area contributed by atoms with Gasteiger partial charge >= 0.3 is 0 Å². The normalized spacial score (nSPS) is 10.6. The number of hydrogen-bond donors (Lipinski definition) is 1. The quantitative estimate of drug-likeness (QED) is 0.886. The van der Waals surface area contributed by atoms with Gasteiger partial charge in [-0.1, -0.05) is 0 Å². The van der Waals surface area contributed by atoms with E-state index in [1.54, 1.807) is 6.07 Å². The molecule has 0 bridgehead atoms. The highest BCUT2D eigenvalue weighted by Gasteiger charge is 2.09. The van der Waals surface area contributed by atoms with Crippen LogP contribution < -0.4 is 5.73 Å². The lowest BCUT2D eigenvalue weighted by molar-refractivity contribution is 0.625. The Labute approximate surface area is 93.2 Å². The van der Waals surface area contributed by atoms with E-state index >= 15 is 0 Å². The van der Waals surface area contributed by atoms with Gasteiger partial charge in [0, 0.05) is 4.47 Å². The maximum Gasteiger partial charge on any atom is 0.170 e. The molecule has 0 aliphatic carbocycles. The highest BCUT2D eigenvalue weighted by atomic mass is 79.9. The van der Waals surface area contributed by atoms with Crippen LogP contribution in [0, 0.1) is 5.82 Å². The van der Waals surface area contributed by atoms with Gasteiger partial charge in [0.05, 0.1) is 12.2 Å². The third-order valence-corrected chi connectivity index (χ3v) is 2.49. The summed E-state index contributed by atoms with van der Waals surface area (Å²) < 4.78 is 14.9. The van der Waals surface area contributed by atoms with Crippen molar-refractivity contribution in [2.75, 3.05) is 0 Å². The van der Waals surface area contributed by atoms with Gasteiger partial charge in [0.2, 0.25) is 0 Å². The Morgan fingerprint density at radius 3 is 2.93 bits per heavy atom. The highest BCUT2D eigenvalue weighted by Crippen LogP contribution is 2.21. The average Bonchev–Trinajstić information content (AvgIpc) is 2.65. The molecule has 0 saturated carbocycles. The smallest absolute Gasteiger partial charge is 0.170 e. The summed E-state index contributed by atoms with van der Waals surface area (Å²) in [6.45, 7) is 0.219. The third-order valence-electron chi connectivity index (χ3n) is 1.85. The van der Waals surface area contributed by atoms with E-state index in [-0.39, 0.29) is 12.4 Å². The molecule has 0 aliphatic rings. The summed E-state index contributed by atoms with van der Waals surface area (Å²) >= 11 is 3.23. The molecule has 0 radical (unpaired) electrons. The van der Waals surface area contributed by atoms with E-state index in [0.717, 1.165) is 0 Å². The van der Waals surface area contributed by atoms with Crippen LogP contribution in [-0.2, 0) is 6.54 Å². The maximum absolute atomic E-state index is 12.9. The van der Waals surface area contributed by atoms with Crippen LogP contribution in [0.4, 0.5) is 4.39 Å². The minimum absolute atomic E-state index is 0.219. The van der Waals surface area contributed by atoms with Gasteiger partial charge in [-0.3, -0.25) is 0 Å². The van der Waals surface area contributed by atoms with Crippen molar-refractivity contribution in [3.8, 4) is 5.69 Å². The largest absolute Gasteiger partial charge is 0.324 e. The van der Waals surface area contributed by atoms with Crippen LogP contribution in [0.15, 0.2) is 22.7 Å². The molecule has 0 spiro atoms. The van der Waals surface area contributed by atoms with E-state index in [1.807, 2.05) is 0 Å². The van der Waals surface area contributed by atoms with Crippen molar-refractivity contribution in [3.63, 3.8) is 0 Å². The lowest BCUT2D eigenvalue weighted by atomic mass is 10.3. The first-order valence-corrected chi connectivity index (χ1v) is 4.94. The second-order valence-corrected chi connectivity index (χ2v) is 3.66. The molecule has 0 aliphatic heterocycles. The van der Waals surface area contributed by atoms with E-state index < -0.39 is 0 Å². The Morgan fingerprint density at radius 1 is 1.47 bits per heavy atom. The molecule has 2 rings (SSSR count). The van der Waals surface area contributed by atoms with Crippen molar-refractivity contribution in [2.45, 2.75) is 6.54 Å². The molecular formula is C8H7BrFN5. The van der Waals surface area contributed by atoms with Gasteiger partial charge < -0.3 is 5.73 Å². The summed E-state index contributed by atoms with van der Waals surface area (Å²) in [7, 11) is 0. The zero-order valence-corrected chi connectivity index (χ0v) is 9.15. The fourth-order valence-electron chi connectivity index (χ4n) is 1.17. The van der Waals surface area contributed by atoms with Crippen LogP contribution in [0.3, 0.4) is 0 Å². The van der Waals surface area contributed by atoms with Crippen LogP contribution in [0.25, 0.3) is 5.69 Å². The van der Waals surface area contributed by atoms with Gasteiger partial charge in [0.25, 0.3) is 0 Å². The Morgan fingerprint density at radius 2 is 2.27 bits per heavy atom. The Balaban J connectivity index is 2.54. The van der Waals surface area contributed by atoms with Crippen molar-refractivity contribution in [2.24, 2.45) is 5.73 Å². The lowest BCUT2D eigenvalue weighted by Crippen LogP contribution is -2.08. The number of aromatic nitrogens is 4. The molecule has 78 valence electrons. The van der Waals surface area contributed by atoms with Gasteiger partial charge in [-0.25, -0.2) is 4.39 Å². The van der Waals surface area contributed by atoms with Crippen LogP contribution in [0.1, 0.15) is 5.82 Å². The molecule has 0 atom stereocenters. The van der Waals surface area contributed by atoms with Gasteiger partial charge in [0.15, 0.2) is 5.82 Å².